The van der Waals surface area contributed by atoms with Crippen LogP contribution in [0.1, 0.15) is 11.1 Å². The lowest BCUT2D eigenvalue weighted by molar-refractivity contribution is 0.356. The summed E-state index contributed by atoms with van der Waals surface area (Å²) in [5.74, 6) is 0.777. The number of nitrogens with zero attached hydrogens (tertiary/aromatic N) is 1. The van der Waals surface area contributed by atoms with Gasteiger partial charge in [0.2, 0.25) is 0 Å². The van der Waals surface area contributed by atoms with Crippen LogP contribution in [0.2, 0.25) is 0 Å². The van der Waals surface area contributed by atoms with E-state index in [-0.39, 0.29) is 0 Å². The second-order valence-corrected chi connectivity index (χ2v) is 3.39. The smallest absolute Gasteiger partial charge is 0.127 e. The van der Waals surface area contributed by atoms with Crippen molar-refractivity contribution in [3.63, 3.8) is 0 Å². The van der Waals surface area contributed by atoms with Crippen LogP contribution in [0.5, 0.6) is 5.75 Å². The summed E-state index contributed by atoms with van der Waals surface area (Å²) in [5.41, 5.74) is 3.93. The Hall–Kier alpha value is -1.72. The molecule has 0 radical (unpaired) electrons. The maximum atomic E-state index is 8.76. The summed E-state index contributed by atoms with van der Waals surface area (Å²) in [6.07, 6.45) is 3.79. The zero-order chi connectivity index (χ0) is 10.7. The van der Waals surface area contributed by atoms with Gasteiger partial charge in [-0.05, 0) is 18.2 Å². The van der Waals surface area contributed by atoms with E-state index in [1.54, 1.807) is 18.2 Å². The molecule has 0 unspecified atom stereocenters. The van der Waals surface area contributed by atoms with E-state index in [1.807, 2.05) is 12.2 Å². The normalized spacial score (nSPS) is 16.4. The zero-order valence-electron chi connectivity index (χ0n) is 7.90. The minimum atomic E-state index is 0.457. The molecule has 2 rings (SSSR count). The standard InChI is InChI=1S/C12H8ClNO/c13-6-10-1-3-11-5-9(7-14)2-4-12(11)15-8-10/h1-6H,8H2/b10-6+. The highest BCUT2D eigenvalue weighted by Crippen LogP contribution is 2.25. The molecule has 0 aromatic heterocycles. The highest BCUT2D eigenvalue weighted by molar-refractivity contribution is 6.25. The van der Waals surface area contributed by atoms with Crippen LogP contribution in [0, 0.1) is 11.3 Å². The Bertz CT molecular complexity index is 483. The van der Waals surface area contributed by atoms with Crippen molar-refractivity contribution in [2.24, 2.45) is 0 Å². The molecule has 15 heavy (non-hydrogen) atoms. The second-order valence-electron chi connectivity index (χ2n) is 3.17. The number of halogens is 1. The fraction of sp³-hybridized carbons (Fsp3) is 0.0833. The Balaban J connectivity index is 2.44. The van der Waals surface area contributed by atoms with Crippen LogP contribution in [-0.4, -0.2) is 6.61 Å². The van der Waals surface area contributed by atoms with E-state index in [0.29, 0.717) is 12.2 Å². The number of hydrogen-bond donors (Lipinski definition) is 0. The molecular formula is C12H8ClNO. The molecule has 1 aromatic carbocycles. The third-order valence-electron chi connectivity index (χ3n) is 2.15. The lowest BCUT2D eigenvalue weighted by Crippen LogP contribution is -1.97. The van der Waals surface area contributed by atoms with Gasteiger partial charge in [-0.25, -0.2) is 0 Å². The van der Waals surface area contributed by atoms with Gasteiger partial charge in [-0.15, -0.1) is 0 Å². The Morgan fingerprint density at radius 3 is 3.00 bits per heavy atom. The SMILES string of the molecule is N#Cc1ccc2c(c1)C=C/C(=C\Cl)CO2. The highest BCUT2D eigenvalue weighted by Gasteiger charge is 2.07. The van der Waals surface area contributed by atoms with E-state index in [4.69, 9.17) is 21.6 Å². The summed E-state index contributed by atoms with van der Waals surface area (Å²) in [7, 11) is 0. The van der Waals surface area contributed by atoms with Crippen LogP contribution in [0.3, 0.4) is 0 Å². The summed E-state index contributed by atoms with van der Waals surface area (Å²) >= 11 is 5.61. The van der Waals surface area contributed by atoms with Crippen LogP contribution in [-0.2, 0) is 0 Å². The van der Waals surface area contributed by atoms with Gasteiger partial charge in [-0.2, -0.15) is 5.26 Å². The molecule has 2 nitrogen and oxygen atoms in total. The van der Waals surface area contributed by atoms with Crippen molar-refractivity contribution in [3.05, 3.63) is 46.5 Å². The number of nitriles is 1. The molecule has 0 N–H and O–H groups in total. The van der Waals surface area contributed by atoms with Crippen molar-refractivity contribution >= 4 is 17.7 Å². The summed E-state index contributed by atoms with van der Waals surface area (Å²) in [5, 5.41) is 8.76. The molecule has 0 bridgehead atoms. The van der Waals surface area contributed by atoms with Crippen LogP contribution in [0.25, 0.3) is 6.08 Å². The molecule has 1 aliphatic rings. The molecule has 0 atom stereocenters. The minimum absolute atomic E-state index is 0.457. The monoisotopic (exact) mass is 217 g/mol. The number of rotatable bonds is 0. The van der Waals surface area contributed by atoms with Gasteiger partial charge in [-0.1, -0.05) is 23.8 Å². The average Bonchev–Trinajstić information content (AvgIpc) is 2.50. The van der Waals surface area contributed by atoms with Gasteiger partial charge in [0.15, 0.2) is 0 Å². The van der Waals surface area contributed by atoms with Crippen molar-refractivity contribution in [1.82, 2.24) is 0 Å². The highest BCUT2D eigenvalue weighted by atomic mass is 35.5. The molecule has 0 saturated carbocycles. The molecule has 0 saturated heterocycles. The number of benzene rings is 1. The predicted molar refractivity (Wildman–Crippen MR) is 59.6 cm³/mol. The fourth-order valence-electron chi connectivity index (χ4n) is 1.35. The molecule has 3 heteroatoms. The molecule has 1 aromatic rings. The van der Waals surface area contributed by atoms with Crippen molar-refractivity contribution in [3.8, 4) is 11.8 Å². The molecule has 74 valence electrons. The summed E-state index contributed by atoms with van der Waals surface area (Å²) in [4.78, 5) is 0. The average molecular weight is 218 g/mol. The first-order valence-corrected chi connectivity index (χ1v) is 4.91. The van der Waals surface area contributed by atoms with E-state index in [1.165, 1.54) is 5.54 Å². The minimum Gasteiger partial charge on any atom is -0.488 e. The maximum absolute atomic E-state index is 8.76. The van der Waals surface area contributed by atoms with E-state index in [9.17, 15) is 0 Å². The quantitative estimate of drug-likeness (QED) is 0.669. The van der Waals surface area contributed by atoms with Gasteiger partial charge in [-0.3, -0.25) is 0 Å². The van der Waals surface area contributed by atoms with Gasteiger partial charge in [0, 0.05) is 16.7 Å². The molecule has 1 aliphatic heterocycles. The lowest BCUT2D eigenvalue weighted by atomic mass is 10.1. The van der Waals surface area contributed by atoms with Crippen LogP contribution in [0.15, 0.2) is 35.4 Å². The van der Waals surface area contributed by atoms with Gasteiger partial charge < -0.3 is 4.74 Å². The summed E-state index contributed by atoms with van der Waals surface area (Å²) in [6, 6.07) is 7.43. The Labute approximate surface area is 93.0 Å². The Morgan fingerprint density at radius 1 is 1.40 bits per heavy atom. The molecule has 0 spiro atoms. The van der Waals surface area contributed by atoms with Crippen molar-refractivity contribution in [1.29, 1.82) is 5.26 Å². The lowest BCUT2D eigenvalue weighted by Gasteiger charge is -2.05. The summed E-state index contributed by atoms with van der Waals surface area (Å²) < 4.78 is 5.53. The molecular weight excluding hydrogens is 210 g/mol. The number of fused-ring (bicyclic) bond motifs is 1. The fourth-order valence-corrected chi connectivity index (χ4v) is 1.49. The first-order valence-electron chi connectivity index (χ1n) is 4.48. The van der Waals surface area contributed by atoms with E-state index >= 15 is 0 Å². The largest absolute Gasteiger partial charge is 0.488 e. The van der Waals surface area contributed by atoms with Crippen LogP contribution >= 0.6 is 11.6 Å². The predicted octanol–water partition coefficient (Wildman–Crippen LogP) is 3.09. The first kappa shape index (κ1) is 9.82. The Morgan fingerprint density at radius 2 is 2.27 bits per heavy atom. The number of hydrogen-bond acceptors (Lipinski definition) is 2. The Kier molecular flexibility index (Phi) is 2.75. The maximum Gasteiger partial charge on any atom is 0.127 e. The van der Waals surface area contributed by atoms with Gasteiger partial charge in [0.05, 0.1) is 11.6 Å². The zero-order valence-corrected chi connectivity index (χ0v) is 8.66. The van der Waals surface area contributed by atoms with Gasteiger partial charge in [0.25, 0.3) is 0 Å². The third kappa shape index (κ3) is 2.03. The van der Waals surface area contributed by atoms with Crippen LogP contribution in [0.4, 0.5) is 0 Å². The van der Waals surface area contributed by atoms with Gasteiger partial charge >= 0.3 is 0 Å². The van der Waals surface area contributed by atoms with E-state index in [2.05, 4.69) is 6.07 Å². The first-order chi connectivity index (χ1) is 7.33. The second kappa shape index (κ2) is 4.20. The van der Waals surface area contributed by atoms with E-state index < -0.39 is 0 Å². The van der Waals surface area contributed by atoms with Crippen molar-refractivity contribution < 1.29 is 4.74 Å². The van der Waals surface area contributed by atoms with Crippen molar-refractivity contribution in [2.75, 3.05) is 6.61 Å². The van der Waals surface area contributed by atoms with E-state index in [0.717, 1.165) is 16.9 Å². The topological polar surface area (TPSA) is 33.0 Å². The third-order valence-corrected chi connectivity index (χ3v) is 2.43. The number of ether oxygens (including phenoxy) is 1. The van der Waals surface area contributed by atoms with Gasteiger partial charge in [0.1, 0.15) is 12.4 Å². The molecule has 0 amide bonds. The molecule has 0 fully saturated rings. The van der Waals surface area contributed by atoms with Crippen molar-refractivity contribution in [2.45, 2.75) is 0 Å². The summed E-state index contributed by atoms with van der Waals surface area (Å²) in [6.45, 7) is 0.457. The van der Waals surface area contributed by atoms with Crippen LogP contribution < -0.4 is 4.74 Å². The molecule has 1 heterocycles. The molecule has 0 aliphatic carbocycles.